The van der Waals surface area contributed by atoms with E-state index in [2.05, 4.69) is 42.7 Å². The van der Waals surface area contributed by atoms with Crippen molar-refractivity contribution < 1.29 is 37.9 Å². The second-order valence-electron chi connectivity index (χ2n) is 15.0. The third-order valence-electron chi connectivity index (χ3n) is 9.72. The summed E-state index contributed by atoms with van der Waals surface area (Å²) in [6.45, 7) is 3.68. The van der Waals surface area contributed by atoms with Gasteiger partial charge in [-0.15, -0.1) is 0 Å². The van der Waals surface area contributed by atoms with Crippen LogP contribution in [0.5, 0.6) is 0 Å². The fourth-order valence-corrected chi connectivity index (χ4v) is 6.77. The van der Waals surface area contributed by atoms with Gasteiger partial charge in [0, 0.05) is 12.8 Å². The highest BCUT2D eigenvalue weighted by atomic mass is 31.2. The van der Waals surface area contributed by atoms with Gasteiger partial charge in [-0.25, -0.2) is 4.57 Å². The van der Waals surface area contributed by atoms with Crippen molar-refractivity contribution in [2.75, 3.05) is 13.2 Å². The maximum Gasteiger partial charge on any atom is 0.469 e. The maximum absolute atomic E-state index is 12.4. The summed E-state index contributed by atoms with van der Waals surface area (Å²) in [6.07, 6.45) is 46.1. The first-order chi connectivity index (χ1) is 25.8. The summed E-state index contributed by atoms with van der Waals surface area (Å²) in [5.41, 5.74) is 0. The van der Waals surface area contributed by atoms with Crippen LogP contribution < -0.4 is 0 Å². The lowest BCUT2D eigenvalue weighted by molar-refractivity contribution is -0.161. The topological polar surface area (TPSA) is 119 Å². The van der Waals surface area contributed by atoms with Crippen LogP contribution in [-0.2, 0) is 28.2 Å². The molecular weight excluding hydrogens is 687 g/mol. The molecule has 53 heavy (non-hydrogen) atoms. The van der Waals surface area contributed by atoms with Crippen LogP contribution in [-0.4, -0.2) is 41.0 Å². The van der Waals surface area contributed by atoms with Crippen LogP contribution in [0.1, 0.15) is 226 Å². The molecule has 0 aliphatic carbocycles. The quantitative estimate of drug-likeness (QED) is 0.0273. The summed E-state index contributed by atoms with van der Waals surface area (Å²) in [5.74, 6) is -0.879. The summed E-state index contributed by atoms with van der Waals surface area (Å²) < 4.78 is 26.4. The number of unbranched alkanes of at least 4 members (excludes halogenated alkanes) is 27. The molecule has 0 rings (SSSR count). The molecule has 0 aliphatic heterocycles. The molecule has 312 valence electrons. The maximum atomic E-state index is 12.4. The number of esters is 2. The second kappa shape index (κ2) is 40.2. The molecule has 0 aromatic carbocycles. The van der Waals surface area contributed by atoms with E-state index in [0.29, 0.717) is 6.42 Å². The summed E-state index contributed by atoms with van der Waals surface area (Å²) in [5, 5.41) is 0. The Morgan fingerprint density at radius 3 is 1.28 bits per heavy atom. The molecule has 0 saturated carbocycles. The summed E-state index contributed by atoms with van der Waals surface area (Å²) >= 11 is 0. The average Bonchev–Trinajstić information content (AvgIpc) is 3.13. The van der Waals surface area contributed by atoms with E-state index < -0.39 is 32.5 Å². The normalized spacial score (nSPS) is 12.6. The van der Waals surface area contributed by atoms with Crippen LogP contribution in [0.25, 0.3) is 0 Å². The molecule has 1 atom stereocenters. The lowest BCUT2D eigenvalue weighted by Crippen LogP contribution is -2.29. The lowest BCUT2D eigenvalue weighted by atomic mass is 10.0. The van der Waals surface area contributed by atoms with E-state index in [-0.39, 0.29) is 19.4 Å². The minimum Gasteiger partial charge on any atom is -0.462 e. The smallest absolute Gasteiger partial charge is 0.462 e. The largest absolute Gasteiger partial charge is 0.469 e. The van der Waals surface area contributed by atoms with Gasteiger partial charge in [-0.2, -0.15) is 0 Å². The number of ether oxygens (including phenoxy) is 2. The first-order valence-corrected chi connectivity index (χ1v) is 23.7. The lowest BCUT2D eigenvalue weighted by Gasteiger charge is -2.18. The highest BCUT2D eigenvalue weighted by Gasteiger charge is 2.22. The molecule has 0 aromatic heterocycles. The van der Waals surface area contributed by atoms with Crippen LogP contribution >= 0.6 is 7.82 Å². The van der Waals surface area contributed by atoms with E-state index in [1.165, 1.54) is 141 Å². The second-order valence-corrected chi connectivity index (χ2v) is 16.3. The Bertz CT molecular complexity index is 915. The van der Waals surface area contributed by atoms with Crippen LogP contribution in [0.15, 0.2) is 24.3 Å². The molecule has 0 radical (unpaired) electrons. The molecule has 0 saturated heterocycles. The molecule has 0 unspecified atom stereocenters. The van der Waals surface area contributed by atoms with Gasteiger partial charge in [-0.3, -0.25) is 14.1 Å². The van der Waals surface area contributed by atoms with Crippen molar-refractivity contribution in [3.8, 4) is 0 Å². The van der Waals surface area contributed by atoms with Gasteiger partial charge < -0.3 is 19.3 Å². The van der Waals surface area contributed by atoms with Crippen LogP contribution in [0.2, 0.25) is 0 Å². The first kappa shape index (κ1) is 51.5. The molecule has 0 bridgehead atoms. The minimum atomic E-state index is -4.75. The van der Waals surface area contributed by atoms with Crippen LogP contribution in [0, 0.1) is 0 Å². The van der Waals surface area contributed by atoms with E-state index >= 15 is 0 Å². The zero-order valence-electron chi connectivity index (χ0n) is 34.4. The number of phosphoric ester groups is 1. The van der Waals surface area contributed by atoms with Gasteiger partial charge >= 0.3 is 19.8 Å². The first-order valence-electron chi connectivity index (χ1n) is 22.1. The van der Waals surface area contributed by atoms with E-state index in [9.17, 15) is 14.2 Å². The van der Waals surface area contributed by atoms with Gasteiger partial charge in [0.05, 0.1) is 6.61 Å². The van der Waals surface area contributed by atoms with Crippen molar-refractivity contribution in [2.45, 2.75) is 232 Å². The van der Waals surface area contributed by atoms with Crippen molar-refractivity contribution >= 4 is 19.8 Å². The standard InChI is InChI=1S/C44H83O8P/c1-3-5-7-9-11-13-15-17-19-21-22-23-25-27-29-31-33-35-37-39-44(46)52-42(41-51-53(47,48)49)40-50-43(45)38-36-34-32-30-28-26-24-20-18-16-14-12-10-8-6-4-2/h11,13,17,19,42H,3-10,12,14-16,18,20-41H2,1-2H3,(H2,47,48,49)/b13-11-,19-17-/t42-/m1/s1. The molecule has 9 heteroatoms. The third kappa shape index (κ3) is 43.1. The fourth-order valence-electron chi connectivity index (χ4n) is 6.40. The SMILES string of the molecule is CCCCC/C=C\C/C=C\CCCCCCCCCCCC(=O)O[C@H](COC(=O)CCCCCCCCCCCCCCCCCC)COP(=O)(O)O. The predicted octanol–water partition coefficient (Wildman–Crippen LogP) is 13.6. The highest BCUT2D eigenvalue weighted by molar-refractivity contribution is 7.46. The number of hydrogen-bond donors (Lipinski definition) is 2. The zero-order chi connectivity index (χ0) is 38.9. The molecule has 0 aromatic rings. The van der Waals surface area contributed by atoms with Crippen molar-refractivity contribution in [3.63, 3.8) is 0 Å². The summed E-state index contributed by atoms with van der Waals surface area (Å²) in [4.78, 5) is 42.9. The molecule has 0 amide bonds. The number of phosphoric acid groups is 1. The predicted molar refractivity (Wildman–Crippen MR) is 221 cm³/mol. The molecule has 0 aliphatic rings. The number of carbonyl (C=O) groups excluding carboxylic acids is 2. The van der Waals surface area contributed by atoms with E-state index in [1.54, 1.807) is 0 Å². The monoisotopic (exact) mass is 771 g/mol. The van der Waals surface area contributed by atoms with E-state index in [4.69, 9.17) is 19.3 Å². The number of allylic oxidation sites excluding steroid dienone is 4. The molecule has 0 heterocycles. The molecule has 0 spiro atoms. The fraction of sp³-hybridized carbons (Fsp3) is 0.864. The zero-order valence-corrected chi connectivity index (χ0v) is 35.3. The Labute approximate surface area is 326 Å². The molecule has 8 nitrogen and oxygen atoms in total. The van der Waals surface area contributed by atoms with Gasteiger partial charge in [0.2, 0.25) is 0 Å². The Morgan fingerprint density at radius 1 is 0.491 bits per heavy atom. The van der Waals surface area contributed by atoms with Crippen LogP contribution in [0.4, 0.5) is 0 Å². The Morgan fingerprint density at radius 2 is 0.849 bits per heavy atom. The van der Waals surface area contributed by atoms with Gasteiger partial charge in [0.25, 0.3) is 0 Å². The Balaban J connectivity index is 3.87. The van der Waals surface area contributed by atoms with Crippen LogP contribution in [0.3, 0.4) is 0 Å². The van der Waals surface area contributed by atoms with Crippen molar-refractivity contribution in [1.82, 2.24) is 0 Å². The molecule has 2 N–H and O–H groups in total. The third-order valence-corrected chi connectivity index (χ3v) is 10.2. The van der Waals surface area contributed by atoms with Crippen molar-refractivity contribution in [1.29, 1.82) is 0 Å². The Kier molecular flexibility index (Phi) is 39.1. The van der Waals surface area contributed by atoms with E-state index in [1.807, 2.05) is 0 Å². The van der Waals surface area contributed by atoms with Crippen molar-refractivity contribution in [2.24, 2.45) is 0 Å². The number of rotatable bonds is 41. The Hall–Kier alpha value is -1.47. The number of carbonyl (C=O) groups is 2. The molecule has 0 fully saturated rings. The highest BCUT2D eigenvalue weighted by Crippen LogP contribution is 2.36. The van der Waals surface area contributed by atoms with E-state index in [0.717, 1.165) is 51.4 Å². The van der Waals surface area contributed by atoms with Gasteiger partial charge in [-0.05, 0) is 44.9 Å². The van der Waals surface area contributed by atoms with Crippen molar-refractivity contribution in [3.05, 3.63) is 24.3 Å². The van der Waals surface area contributed by atoms with Gasteiger partial charge in [0.15, 0.2) is 6.10 Å². The minimum absolute atomic E-state index is 0.210. The summed E-state index contributed by atoms with van der Waals surface area (Å²) in [6, 6.07) is 0. The summed E-state index contributed by atoms with van der Waals surface area (Å²) in [7, 11) is -4.75. The number of hydrogen-bond acceptors (Lipinski definition) is 6. The molecular formula is C44H83O8P. The van der Waals surface area contributed by atoms with Gasteiger partial charge in [-0.1, -0.05) is 192 Å². The van der Waals surface area contributed by atoms with Gasteiger partial charge in [0.1, 0.15) is 6.61 Å². The average molecular weight is 771 g/mol.